The van der Waals surface area contributed by atoms with Crippen molar-refractivity contribution in [1.82, 2.24) is 4.90 Å². The minimum Gasteiger partial charge on any atom is -0.392 e. The number of carbonyl (C=O) groups excluding carboxylic acids is 1. The number of anilines is 1. The molecule has 2 N–H and O–H groups in total. The van der Waals surface area contributed by atoms with E-state index in [1.165, 1.54) is 0 Å². The van der Waals surface area contributed by atoms with Crippen LogP contribution in [-0.2, 0) is 4.79 Å². The van der Waals surface area contributed by atoms with E-state index in [1.54, 1.807) is 4.90 Å². The second-order valence-corrected chi connectivity index (χ2v) is 4.70. The number of nitrogens with one attached hydrogen (secondary N) is 1. The molecule has 4 nitrogen and oxygen atoms in total. The average Bonchev–Trinajstić information content (AvgIpc) is 2.34. The van der Waals surface area contributed by atoms with Crippen LogP contribution in [0.3, 0.4) is 0 Å². The molecular formula is C13H16F2N2O2. The Morgan fingerprint density at radius 1 is 1.47 bits per heavy atom. The number of β-amino-alcohol motifs (C(OH)–C–C–N with tert-alkyl or cyclic N) is 1. The van der Waals surface area contributed by atoms with Crippen LogP contribution >= 0.6 is 0 Å². The van der Waals surface area contributed by atoms with Gasteiger partial charge >= 0.3 is 0 Å². The number of carbonyl (C=O) groups is 1. The fourth-order valence-corrected chi connectivity index (χ4v) is 2.16. The molecule has 1 aliphatic heterocycles. The molecule has 1 fully saturated rings. The number of aliphatic hydroxyl groups excluding tert-OH is 1. The Kier molecular flexibility index (Phi) is 4.44. The molecule has 19 heavy (non-hydrogen) atoms. The quantitative estimate of drug-likeness (QED) is 0.872. The van der Waals surface area contributed by atoms with Gasteiger partial charge in [0.05, 0.1) is 18.3 Å². The van der Waals surface area contributed by atoms with Gasteiger partial charge in [0, 0.05) is 12.6 Å². The van der Waals surface area contributed by atoms with Crippen molar-refractivity contribution >= 4 is 11.6 Å². The molecule has 2 rings (SSSR count). The number of aliphatic hydroxyl groups is 1. The molecule has 1 amide bonds. The summed E-state index contributed by atoms with van der Waals surface area (Å²) < 4.78 is 26.3. The minimum atomic E-state index is -0.673. The monoisotopic (exact) mass is 270 g/mol. The van der Waals surface area contributed by atoms with E-state index in [0.29, 0.717) is 6.54 Å². The standard InChI is InChI=1S/C13H16F2N2O2/c14-9-3-4-11(15)12(6-9)16-13(19)8-17-5-1-2-10(18)7-17/h3-4,6,10,18H,1-2,5,7-8H2,(H,16,19)/t10-/m0/s1. The SMILES string of the molecule is O=C(CN1CCC[C@H](O)C1)Nc1cc(F)ccc1F. The van der Waals surface area contributed by atoms with Gasteiger partial charge in [-0.1, -0.05) is 0 Å². The molecule has 1 aromatic rings. The molecule has 0 aromatic heterocycles. The Balaban J connectivity index is 1.92. The van der Waals surface area contributed by atoms with Gasteiger partial charge in [0.15, 0.2) is 0 Å². The van der Waals surface area contributed by atoms with E-state index in [9.17, 15) is 18.7 Å². The summed E-state index contributed by atoms with van der Waals surface area (Å²) in [6.07, 6.45) is 1.13. The minimum absolute atomic E-state index is 0.0625. The van der Waals surface area contributed by atoms with Crippen molar-refractivity contribution in [2.75, 3.05) is 25.0 Å². The zero-order valence-corrected chi connectivity index (χ0v) is 10.4. The number of hydrogen-bond acceptors (Lipinski definition) is 3. The molecule has 0 radical (unpaired) electrons. The maximum Gasteiger partial charge on any atom is 0.238 e. The molecule has 104 valence electrons. The molecule has 1 heterocycles. The highest BCUT2D eigenvalue weighted by molar-refractivity contribution is 5.92. The normalized spacial score (nSPS) is 20.3. The lowest BCUT2D eigenvalue weighted by molar-refractivity contribution is -0.118. The van der Waals surface area contributed by atoms with Crippen LogP contribution in [0.25, 0.3) is 0 Å². The van der Waals surface area contributed by atoms with Gasteiger partial charge in [0.1, 0.15) is 11.6 Å². The van der Waals surface area contributed by atoms with Crippen LogP contribution in [0.2, 0.25) is 0 Å². The van der Waals surface area contributed by atoms with Gasteiger partial charge in [-0.25, -0.2) is 8.78 Å². The van der Waals surface area contributed by atoms with Gasteiger partial charge in [-0.3, -0.25) is 9.69 Å². The largest absolute Gasteiger partial charge is 0.392 e. The van der Waals surface area contributed by atoms with Crippen molar-refractivity contribution in [1.29, 1.82) is 0 Å². The smallest absolute Gasteiger partial charge is 0.238 e. The van der Waals surface area contributed by atoms with Crippen molar-refractivity contribution in [2.24, 2.45) is 0 Å². The Morgan fingerprint density at radius 3 is 3.00 bits per heavy atom. The molecule has 0 bridgehead atoms. The van der Waals surface area contributed by atoms with Crippen LogP contribution in [0.5, 0.6) is 0 Å². The molecule has 0 aliphatic carbocycles. The summed E-state index contributed by atoms with van der Waals surface area (Å²) in [5.41, 5.74) is -0.164. The van der Waals surface area contributed by atoms with Gasteiger partial charge in [-0.15, -0.1) is 0 Å². The first kappa shape index (κ1) is 13.9. The van der Waals surface area contributed by atoms with E-state index in [2.05, 4.69) is 5.32 Å². The molecule has 6 heteroatoms. The summed E-state index contributed by atoms with van der Waals surface area (Å²) in [5.74, 6) is -1.70. The number of benzene rings is 1. The number of amides is 1. The number of nitrogens with zero attached hydrogens (tertiary/aromatic N) is 1. The topological polar surface area (TPSA) is 52.6 Å². The van der Waals surface area contributed by atoms with Gasteiger partial charge in [0.2, 0.25) is 5.91 Å². The van der Waals surface area contributed by atoms with Crippen molar-refractivity contribution < 1.29 is 18.7 Å². The van der Waals surface area contributed by atoms with E-state index in [1.807, 2.05) is 0 Å². The number of piperidine rings is 1. The summed E-state index contributed by atoms with van der Waals surface area (Å²) in [6, 6.07) is 2.90. The zero-order valence-electron chi connectivity index (χ0n) is 10.4. The van der Waals surface area contributed by atoms with Gasteiger partial charge in [-0.2, -0.15) is 0 Å². The van der Waals surface area contributed by atoms with Crippen LogP contribution in [0.4, 0.5) is 14.5 Å². The maximum atomic E-state index is 13.3. The van der Waals surface area contributed by atoms with Crippen LogP contribution in [0, 0.1) is 11.6 Å². The van der Waals surface area contributed by atoms with E-state index in [-0.39, 0.29) is 12.2 Å². The second kappa shape index (κ2) is 6.08. The zero-order chi connectivity index (χ0) is 13.8. The van der Waals surface area contributed by atoms with Crippen molar-refractivity contribution in [3.8, 4) is 0 Å². The predicted molar refractivity (Wildman–Crippen MR) is 66.7 cm³/mol. The van der Waals surface area contributed by atoms with Gasteiger partial charge in [0.25, 0.3) is 0 Å². The molecule has 0 unspecified atom stereocenters. The first-order valence-corrected chi connectivity index (χ1v) is 6.20. The Labute approximate surface area is 110 Å². The molecule has 0 spiro atoms. The highest BCUT2D eigenvalue weighted by Crippen LogP contribution is 2.15. The van der Waals surface area contributed by atoms with Crippen LogP contribution in [0.15, 0.2) is 18.2 Å². The van der Waals surface area contributed by atoms with Crippen LogP contribution in [0.1, 0.15) is 12.8 Å². The predicted octanol–water partition coefficient (Wildman–Crippen LogP) is 1.36. The van der Waals surface area contributed by atoms with Crippen molar-refractivity contribution in [3.05, 3.63) is 29.8 Å². The number of halogens is 2. The van der Waals surface area contributed by atoms with Crippen LogP contribution < -0.4 is 5.32 Å². The van der Waals surface area contributed by atoms with Crippen molar-refractivity contribution in [3.63, 3.8) is 0 Å². The van der Waals surface area contributed by atoms with Crippen LogP contribution in [-0.4, -0.2) is 41.7 Å². The summed E-state index contributed by atoms with van der Waals surface area (Å²) in [6.45, 7) is 1.21. The summed E-state index contributed by atoms with van der Waals surface area (Å²) >= 11 is 0. The van der Waals surface area contributed by atoms with Crippen molar-refractivity contribution in [2.45, 2.75) is 18.9 Å². The van der Waals surface area contributed by atoms with Gasteiger partial charge in [-0.05, 0) is 31.5 Å². The van der Waals surface area contributed by atoms with E-state index in [4.69, 9.17) is 0 Å². The molecule has 1 aromatic carbocycles. The second-order valence-electron chi connectivity index (χ2n) is 4.70. The Hall–Kier alpha value is -1.53. The number of rotatable bonds is 3. The third-order valence-electron chi connectivity index (χ3n) is 3.05. The highest BCUT2D eigenvalue weighted by Gasteiger charge is 2.20. The fourth-order valence-electron chi connectivity index (χ4n) is 2.16. The summed E-state index contributed by atoms with van der Waals surface area (Å²) in [4.78, 5) is 13.5. The molecule has 0 saturated carbocycles. The third-order valence-corrected chi connectivity index (χ3v) is 3.05. The lowest BCUT2D eigenvalue weighted by atomic mass is 10.1. The maximum absolute atomic E-state index is 13.3. The fraction of sp³-hybridized carbons (Fsp3) is 0.462. The molecule has 1 saturated heterocycles. The Morgan fingerprint density at radius 2 is 2.26 bits per heavy atom. The lowest BCUT2D eigenvalue weighted by Gasteiger charge is -2.29. The first-order valence-electron chi connectivity index (χ1n) is 6.20. The third kappa shape index (κ3) is 3.97. The van der Waals surface area contributed by atoms with Gasteiger partial charge < -0.3 is 10.4 Å². The Bertz CT molecular complexity index is 468. The molecule has 1 atom stereocenters. The highest BCUT2D eigenvalue weighted by atomic mass is 19.1. The molecule has 1 aliphatic rings. The van der Waals surface area contributed by atoms with E-state index < -0.39 is 23.6 Å². The first-order chi connectivity index (χ1) is 9.04. The number of hydrogen-bond donors (Lipinski definition) is 2. The summed E-state index contributed by atoms with van der Waals surface area (Å²) in [7, 11) is 0. The molecular weight excluding hydrogens is 254 g/mol. The number of likely N-dealkylation sites (tertiary alicyclic amines) is 1. The van der Waals surface area contributed by atoms with E-state index >= 15 is 0 Å². The summed E-state index contributed by atoms with van der Waals surface area (Å²) in [5, 5.41) is 11.8. The lowest BCUT2D eigenvalue weighted by Crippen LogP contribution is -2.42. The average molecular weight is 270 g/mol. The van der Waals surface area contributed by atoms with E-state index in [0.717, 1.165) is 37.6 Å².